The summed E-state index contributed by atoms with van der Waals surface area (Å²) in [5.41, 5.74) is 1.54. The third-order valence-electron chi connectivity index (χ3n) is 2.52. The van der Waals surface area contributed by atoms with Gasteiger partial charge in [-0.15, -0.1) is 0 Å². The van der Waals surface area contributed by atoms with Gasteiger partial charge in [0, 0.05) is 21.9 Å². The number of fused-ring (bicyclic) bond motifs is 1. The molecule has 16 heavy (non-hydrogen) atoms. The average Bonchev–Trinajstić information content (AvgIpc) is 2.30. The zero-order chi connectivity index (χ0) is 11.7. The summed E-state index contributed by atoms with van der Waals surface area (Å²) in [5, 5.41) is 0. The van der Waals surface area contributed by atoms with E-state index in [1.165, 1.54) is 4.99 Å². The number of carbonyl (C=O) groups excluding carboxylic acids is 1. The number of benzene rings is 1. The molecule has 0 radical (unpaired) electrons. The smallest absolute Gasteiger partial charge is 0.203 e. The van der Waals surface area contributed by atoms with Gasteiger partial charge in [0.15, 0.2) is 5.76 Å². The Balaban J connectivity index is 2.51. The normalized spacial score (nSPS) is 17.2. The zero-order valence-electron chi connectivity index (χ0n) is 8.42. The second kappa shape index (κ2) is 4.59. The van der Waals surface area contributed by atoms with Gasteiger partial charge in [-0.1, -0.05) is 15.9 Å². The lowest BCUT2D eigenvalue weighted by Crippen LogP contribution is -2.19. The third kappa shape index (κ3) is 1.89. The molecular formula is C11H8BrFO2S. The van der Waals surface area contributed by atoms with Gasteiger partial charge in [0.05, 0.1) is 12.1 Å². The number of ketones is 1. The van der Waals surface area contributed by atoms with Crippen LogP contribution >= 0.6 is 28.1 Å². The van der Waals surface area contributed by atoms with Crippen LogP contribution in [-0.4, -0.2) is 5.78 Å². The molecule has 1 aromatic carbocycles. The SMILES string of the molecule is Cc1c(SF)ccc2c1CC(=O)/C(=C/Br)O2. The molecule has 0 amide bonds. The molecular weight excluding hydrogens is 295 g/mol. The largest absolute Gasteiger partial charge is 0.453 e. The topological polar surface area (TPSA) is 26.3 Å². The maximum atomic E-state index is 12.6. The molecule has 5 heteroatoms. The number of allylic oxidation sites excluding steroid dienone is 1. The Bertz CT molecular complexity index is 485. The maximum absolute atomic E-state index is 12.6. The standard InChI is InChI=1S/C11H8BrFO2S/c1-6-7-4-8(14)10(5-12)15-9(7)2-3-11(6)16-13/h2-3,5H,4H2,1H3/b10-5-. The highest BCUT2D eigenvalue weighted by molar-refractivity contribution is 9.11. The van der Waals surface area contributed by atoms with Gasteiger partial charge in [-0.2, -0.15) is 3.89 Å². The molecule has 1 heterocycles. The summed E-state index contributed by atoms with van der Waals surface area (Å²) in [6.45, 7) is 1.79. The van der Waals surface area contributed by atoms with E-state index in [9.17, 15) is 8.68 Å². The minimum atomic E-state index is -0.103. The first-order valence-electron chi connectivity index (χ1n) is 4.60. The lowest BCUT2D eigenvalue weighted by atomic mass is 9.99. The van der Waals surface area contributed by atoms with Crippen LogP contribution in [0.2, 0.25) is 0 Å². The lowest BCUT2D eigenvalue weighted by molar-refractivity contribution is -0.117. The minimum absolute atomic E-state index is 0.103. The third-order valence-corrected chi connectivity index (χ3v) is 3.54. The van der Waals surface area contributed by atoms with Gasteiger partial charge in [0.25, 0.3) is 0 Å². The van der Waals surface area contributed by atoms with E-state index in [-0.39, 0.29) is 30.1 Å². The molecule has 1 aromatic rings. The van der Waals surface area contributed by atoms with Crippen molar-refractivity contribution in [2.75, 3.05) is 0 Å². The Morgan fingerprint density at radius 3 is 2.94 bits per heavy atom. The summed E-state index contributed by atoms with van der Waals surface area (Å²) >= 11 is 3.26. The summed E-state index contributed by atoms with van der Waals surface area (Å²) < 4.78 is 18.0. The Kier molecular flexibility index (Phi) is 3.35. The molecule has 0 saturated heterocycles. The van der Waals surface area contributed by atoms with E-state index >= 15 is 0 Å². The number of ether oxygens (including phenoxy) is 1. The van der Waals surface area contributed by atoms with E-state index in [2.05, 4.69) is 15.9 Å². The van der Waals surface area contributed by atoms with Crippen LogP contribution in [0.3, 0.4) is 0 Å². The van der Waals surface area contributed by atoms with Crippen LogP contribution in [0.25, 0.3) is 0 Å². The van der Waals surface area contributed by atoms with Gasteiger partial charge in [-0.05, 0) is 24.6 Å². The second-order valence-corrected chi connectivity index (χ2v) is 4.47. The first-order chi connectivity index (χ1) is 7.67. The fourth-order valence-corrected chi connectivity index (χ4v) is 2.32. The van der Waals surface area contributed by atoms with Gasteiger partial charge in [-0.25, -0.2) is 0 Å². The number of hydrogen-bond acceptors (Lipinski definition) is 3. The van der Waals surface area contributed by atoms with Crippen LogP contribution in [-0.2, 0) is 11.2 Å². The summed E-state index contributed by atoms with van der Waals surface area (Å²) in [5.74, 6) is 0.807. The van der Waals surface area contributed by atoms with E-state index in [0.717, 1.165) is 11.1 Å². The quantitative estimate of drug-likeness (QED) is 0.740. The van der Waals surface area contributed by atoms with E-state index in [4.69, 9.17) is 4.74 Å². The first kappa shape index (κ1) is 11.7. The number of rotatable bonds is 1. The van der Waals surface area contributed by atoms with Crippen LogP contribution in [0.15, 0.2) is 27.8 Å². The molecule has 0 atom stereocenters. The van der Waals surface area contributed by atoms with Crippen molar-refractivity contribution >= 4 is 33.9 Å². The van der Waals surface area contributed by atoms with Crippen LogP contribution in [0.4, 0.5) is 3.89 Å². The molecule has 0 N–H and O–H groups in total. The van der Waals surface area contributed by atoms with E-state index in [1.807, 2.05) is 0 Å². The van der Waals surface area contributed by atoms with Crippen molar-refractivity contribution in [2.24, 2.45) is 0 Å². The molecule has 2 rings (SSSR count). The lowest BCUT2D eigenvalue weighted by Gasteiger charge is -2.20. The molecule has 1 aliphatic rings. The molecule has 0 unspecified atom stereocenters. The molecule has 84 valence electrons. The molecule has 0 bridgehead atoms. The summed E-state index contributed by atoms with van der Waals surface area (Å²) in [7, 11) is 0. The average molecular weight is 303 g/mol. The van der Waals surface area contributed by atoms with Crippen LogP contribution in [0.1, 0.15) is 11.1 Å². The van der Waals surface area contributed by atoms with Crippen LogP contribution in [0, 0.1) is 6.92 Å². The van der Waals surface area contributed by atoms with E-state index in [1.54, 1.807) is 19.1 Å². The van der Waals surface area contributed by atoms with E-state index in [0.29, 0.717) is 10.6 Å². The molecule has 1 aliphatic heterocycles. The monoisotopic (exact) mass is 302 g/mol. The maximum Gasteiger partial charge on any atom is 0.203 e. The Labute approximate surface area is 105 Å². The Hall–Kier alpha value is -0.810. The minimum Gasteiger partial charge on any atom is -0.453 e. The highest BCUT2D eigenvalue weighted by atomic mass is 79.9. The molecule has 2 nitrogen and oxygen atoms in total. The molecule has 0 spiro atoms. The van der Waals surface area contributed by atoms with Crippen molar-refractivity contribution in [3.05, 3.63) is 34.0 Å². The number of Topliss-reactive ketones (excluding diaryl/α,β-unsaturated/α-hetero) is 1. The van der Waals surface area contributed by atoms with E-state index < -0.39 is 0 Å². The van der Waals surface area contributed by atoms with Gasteiger partial charge < -0.3 is 4.74 Å². The number of carbonyl (C=O) groups is 1. The van der Waals surface area contributed by atoms with Gasteiger partial charge in [0.2, 0.25) is 5.78 Å². The van der Waals surface area contributed by atoms with Crippen LogP contribution < -0.4 is 4.74 Å². The first-order valence-corrected chi connectivity index (χ1v) is 6.23. The van der Waals surface area contributed by atoms with Crippen molar-refractivity contribution < 1.29 is 13.4 Å². The van der Waals surface area contributed by atoms with Gasteiger partial charge in [0.1, 0.15) is 5.75 Å². The Morgan fingerprint density at radius 1 is 1.56 bits per heavy atom. The van der Waals surface area contributed by atoms with Crippen molar-refractivity contribution in [1.29, 1.82) is 0 Å². The van der Waals surface area contributed by atoms with Crippen molar-refractivity contribution in [2.45, 2.75) is 18.2 Å². The van der Waals surface area contributed by atoms with Gasteiger partial charge >= 0.3 is 0 Å². The Morgan fingerprint density at radius 2 is 2.31 bits per heavy atom. The molecule has 0 aromatic heterocycles. The van der Waals surface area contributed by atoms with Crippen molar-refractivity contribution in [3.8, 4) is 5.75 Å². The van der Waals surface area contributed by atoms with Crippen LogP contribution in [0.5, 0.6) is 5.75 Å². The van der Waals surface area contributed by atoms with Crippen molar-refractivity contribution in [1.82, 2.24) is 0 Å². The molecule has 0 aliphatic carbocycles. The predicted octanol–water partition coefficient (Wildman–Crippen LogP) is 3.71. The van der Waals surface area contributed by atoms with Crippen molar-refractivity contribution in [3.63, 3.8) is 0 Å². The van der Waals surface area contributed by atoms with Gasteiger partial charge in [-0.3, -0.25) is 4.79 Å². The fourth-order valence-electron chi connectivity index (χ4n) is 1.62. The highest BCUT2D eigenvalue weighted by Crippen LogP contribution is 2.35. The summed E-state index contributed by atoms with van der Waals surface area (Å²) in [6.07, 6.45) is 0.257. The fraction of sp³-hybridized carbons (Fsp3) is 0.182. The number of halogens is 2. The number of hydrogen-bond donors (Lipinski definition) is 0. The molecule has 0 saturated carbocycles. The predicted molar refractivity (Wildman–Crippen MR) is 64.5 cm³/mol. The molecule has 0 fully saturated rings. The second-order valence-electron chi connectivity index (χ2n) is 3.42. The summed E-state index contributed by atoms with van der Waals surface area (Å²) in [6, 6.07) is 3.34. The summed E-state index contributed by atoms with van der Waals surface area (Å²) in [4.78, 5) is 13.6. The highest BCUT2D eigenvalue weighted by Gasteiger charge is 2.24. The zero-order valence-corrected chi connectivity index (χ0v) is 10.8.